The first-order chi connectivity index (χ1) is 14.4. The fourth-order valence-corrected chi connectivity index (χ4v) is 5.07. The summed E-state index contributed by atoms with van der Waals surface area (Å²) in [5.74, 6) is 0.294. The Bertz CT molecular complexity index is 849. The number of amides is 3. The number of methoxy groups -OCH3 is 1. The topological polar surface area (TPSA) is 90.4 Å². The van der Waals surface area contributed by atoms with Crippen LogP contribution in [0.1, 0.15) is 48.9 Å². The van der Waals surface area contributed by atoms with Crippen molar-refractivity contribution in [2.45, 2.75) is 56.7 Å². The van der Waals surface area contributed by atoms with Crippen molar-refractivity contribution in [1.29, 1.82) is 0 Å². The highest BCUT2D eigenvalue weighted by Gasteiger charge is 2.46. The van der Waals surface area contributed by atoms with Crippen molar-refractivity contribution < 1.29 is 24.2 Å². The number of nitrogens with zero attached hydrogens (tertiary/aromatic N) is 3. The standard InChI is InChI=1S/C22H29N3O5/c1-23(22(29)17-6-4-16-5-8-20(27)25(16)17)15-9-11-24(12-10-15)21(28)14-3-7-18(26)19(13-14)30-2/h3,7,13,15-17,26H,4-6,8-12H2,1-2H3. The fraction of sp³-hybridized carbons (Fsp3) is 0.591. The molecule has 2 atom stereocenters. The molecule has 162 valence electrons. The van der Waals surface area contributed by atoms with Gasteiger partial charge < -0.3 is 24.5 Å². The molecule has 8 heteroatoms. The fourth-order valence-electron chi connectivity index (χ4n) is 5.07. The van der Waals surface area contributed by atoms with Gasteiger partial charge in [0.25, 0.3) is 5.91 Å². The summed E-state index contributed by atoms with van der Waals surface area (Å²) < 4.78 is 5.09. The number of carbonyl (C=O) groups excluding carboxylic acids is 3. The molecule has 0 bridgehead atoms. The van der Waals surface area contributed by atoms with Gasteiger partial charge in [-0.1, -0.05) is 0 Å². The summed E-state index contributed by atoms with van der Waals surface area (Å²) in [6.45, 7) is 1.11. The van der Waals surface area contributed by atoms with Crippen molar-refractivity contribution >= 4 is 17.7 Å². The van der Waals surface area contributed by atoms with Gasteiger partial charge in [-0.2, -0.15) is 0 Å². The number of ether oxygens (including phenoxy) is 1. The number of piperidine rings is 1. The Morgan fingerprint density at radius 2 is 1.87 bits per heavy atom. The van der Waals surface area contributed by atoms with Gasteiger partial charge in [-0.05, 0) is 50.3 Å². The Morgan fingerprint density at radius 1 is 1.13 bits per heavy atom. The molecular formula is C22H29N3O5. The van der Waals surface area contributed by atoms with Crippen LogP contribution in [-0.4, -0.2) is 82.9 Å². The minimum absolute atomic E-state index is 0.00136. The third-order valence-electron chi connectivity index (χ3n) is 6.84. The number of phenols is 1. The maximum atomic E-state index is 13.1. The summed E-state index contributed by atoms with van der Waals surface area (Å²) in [4.78, 5) is 43.5. The molecular weight excluding hydrogens is 386 g/mol. The lowest BCUT2D eigenvalue weighted by Crippen LogP contribution is -2.52. The number of hydrogen-bond donors (Lipinski definition) is 1. The zero-order chi connectivity index (χ0) is 21.4. The summed E-state index contributed by atoms with van der Waals surface area (Å²) >= 11 is 0. The quantitative estimate of drug-likeness (QED) is 0.807. The second kappa shape index (κ2) is 8.16. The number of benzene rings is 1. The molecule has 3 fully saturated rings. The van der Waals surface area contributed by atoms with Crippen LogP contribution in [0, 0.1) is 0 Å². The van der Waals surface area contributed by atoms with Gasteiger partial charge in [0.05, 0.1) is 7.11 Å². The first-order valence-electron chi connectivity index (χ1n) is 10.6. The number of rotatable bonds is 4. The third kappa shape index (κ3) is 3.59. The van der Waals surface area contributed by atoms with Crippen LogP contribution < -0.4 is 4.74 Å². The Hall–Kier alpha value is -2.77. The van der Waals surface area contributed by atoms with Crippen LogP contribution in [0.3, 0.4) is 0 Å². The van der Waals surface area contributed by atoms with Gasteiger partial charge >= 0.3 is 0 Å². The molecule has 0 radical (unpaired) electrons. The number of carbonyl (C=O) groups is 3. The molecule has 1 N–H and O–H groups in total. The molecule has 2 unspecified atom stereocenters. The monoisotopic (exact) mass is 415 g/mol. The number of aromatic hydroxyl groups is 1. The molecule has 4 rings (SSSR count). The van der Waals surface area contributed by atoms with Gasteiger partial charge in [0.15, 0.2) is 11.5 Å². The van der Waals surface area contributed by atoms with E-state index in [1.54, 1.807) is 21.9 Å². The van der Waals surface area contributed by atoms with Crippen LogP contribution in [0.2, 0.25) is 0 Å². The van der Waals surface area contributed by atoms with Crippen molar-refractivity contribution in [3.05, 3.63) is 23.8 Å². The van der Waals surface area contributed by atoms with E-state index < -0.39 is 0 Å². The van der Waals surface area contributed by atoms with Crippen LogP contribution >= 0.6 is 0 Å². The molecule has 3 aliphatic rings. The number of phenolic OH excluding ortho intramolecular Hbond substituents is 1. The molecule has 0 aromatic heterocycles. The molecule has 3 aliphatic heterocycles. The molecule has 3 amide bonds. The highest BCUT2D eigenvalue weighted by Crippen LogP contribution is 2.35. The SMILES string of the molecule is COc1cc(C(=O)N2CCC(N(C)C(=O)C3CCC4CCC(=O)N43)CC2)ccc1O. The van der Waals surface area contributed by atoms with Crippen LogP contribution in [0.25, 0.3) is 0 Å². The maximum Gasteiger partial charge on any atom is 0.253 e. The van der Waals surface area contributed by atoms with Gasteiger partial charge in [0, 0.05) is 44.2 Å². The summed E-state index contributed by atoms with van der Waals surface area (Å²) in [6.07, 6.45) is 4.49. The maximum absolute atomic E-state index is 13.1. The van der Waals surface area contributed by atoms with E-state index in [2.05, 4.69) is 0 Å². The Kier molecular flexibility index (Phi) is 5.58. The van der Waals surface area contributed by atoms with E-state index in [1.807, 2.05) is 11.9 Å². The zero-order valence-electron chi connectivity index (χ0n) is 17.5. The molecule has 0 spiro atoms. The Balaban J connectivity index is 1.35. The summed E-state index contributed by atoms with van der Waals surface area (Å²) in [7, 11) is 3.27. The number of fused-ring (bicyclic) bond motifs is 1. The van der Waals surface area contributed by atoms with Gasteiger partial charge in [-0.25, -0.2) is 0 Å². The minimum atomic E-state index is -0.320. The molecule has 1 aromatic carbocycles. The van der Waals surface area contributed by atoms with Crippen molar-refractivity contribution in [2.24, 2.45) is 0 Å². The van der Waals surface area contributed by atoms with Crippen LogP contribution in [-0.2, 0) is 9.59 Å². The van der Waals surface area contributed by atoms with Crippen molar-refractivity contribution in [3.63, 3.8) is 0 Å². The second-order valence-corrected chi connectivity index (χ2v) is 8.45. The largest absolute Gasteiger partial charge is 0.504 e. The van der Waals surface area contributed by atoms with Gasteiger partial charge in [-0.15, -0.1) is 0 Å². The van der Waals surface area contributed by atoms with Gasteiger partial charge in [0.1, 0.15) is 6.04 Å². The number of hydrogen-bond acceptors (Lipinski definition) is 5. The van der Waals surface area contributed by atoms with Crippen LogP contribution in [0.4, 0.5) is 0 Å². The van der Waals surface area contributed by atoms with Crippen molar-refractivity contribution in [1.82, 2.24) is 14.7 Å². The highest BCUT2D eigenvalue weighted by atomic mass is 16.5. The van der Waals surface area contributed by atoms with E-state index in [0.29, 0.717) is 37.9 Å². The predicted molar refractivity (Wildman–Crippen MR) is 109 cm³/mol. The van der Waals surface area contributed by atoms with E-state index in [4.69, 9.17) is 4.74 Å². The van der Waals surface area contributed by atoms with E-state index in [0.717, 1.165) is 19.3 Å². The number of likely N-dealkylation sites (tertiary alicyclic amines) is 1. The zero-order valence-corrected chi connectivity index (χ0v) is 17.5. The highest BCUT2D eigenvalue weighted by molar-refractivity contribution is 5.95. The lowest BCUT2D eigenvalue weighted by Gasteiger charge is -2.38. The van der Waals surface area contributed by atoms with Crippen LogP contribution in [0.15, 0.2) is 18.2 Å². The van der Waals surface area contributed by atoms with E-state index in [-0.39, 0.29) is 47.3 Å². The van der Waals surface area contributed by atoms with Crippen molar-refractivity contribution in [2.75, 3.05) is 27.2 Å². The smallest absolute Gasteiger partial charge is 0.253 e. The average Bonchev–Trinajstić information content (AvgIpc) is 3.35. The lowest BCUT2D eigenvalue weighted by molar-refractivity contribution is -0.144. The lowest BCUT2D eigenvalue weighted by atomic mass is 10.0. The molecule has 0 aliphatic carbocycles. The second-order valence-electron chi connectivity index (χ2n) is 8.45. The first-order valence-corrected chi connectivity index (χ1v) is 10.6. The molecule has 8 nitrogen and oxygen atoms in total. The first kappa shape index (κ1) is 20.5. The molecule has 3 saturated heterocycles. The Morgan fingerprint density at radius 3 is 2.57 bits per heavy atom. The minimum Gasteiger partial charge on any atom is -0.504 e. The molecule has 1 aromatic rings. The number of likely N-dealkylation sites (N-methyl/N-ethyl adjacent to an activating group) is 1. The predicted octanol–water partition coefficient (Wildman–Crippen LogP) is 1.62. The summed E-state index contributed by atoms with van der Waals surface area (Å²) in [5.41, 5.74) is 0.470. The Labute approximate surface area is 176 Å². The average molecular weight is 415 g/mol. The summed E-state index contributed by atoms with van der Waals surface area (Å²) in [6, 6.07) is 4.57. The van der Waals surface area contributed by atoms with Gasteiger partial charge in [-0.3, -0.25) is 14.4 Å². The molecule has 0 saturated carbocycles. The van der Waals surface area contributed by atoms with Gasteiger partial charge in [0.2, 0.25) is 11.8 Å². The van der Waals surface area contributed by atoms with E-state index in [9.17, 15) is 19.5 Å². The normalized spacial score (nSPS) is 24.1. The van der Waals surface area contributed by atoms with E-state index in [1.165, 1.54) is 13.2 Å². The van der Waals surface area contributed by atoms with E-state index >= 15 is 0 Å². The third-order valence-corrected chi connectivity index (χ3v) is 6.84. The van der Waals surface area contributed by atoms with Crippen LogP contribution in [0.5, 0.6) is 11.5 Å². The molecule has 3 heterocycles. The summed E-state index contributed by atoms with van der Waals surface area (Å²) in [5, 5.41) is 9.73. The molecule has 30 heavy (non-hydrogen) atoms. The van der Waals surface area contributed by atoms with Crippen molar-refractivity contribution in [3.8, 4) is 11.5 Å².